The number of Topliss-reactive ketones (excluding diaryl/α,β-unsaturated/α-hetero) is 1. The summed E-state index contributed by atoms with van der Waals surface area (Å²) in [6.45, 7) is 2.01. The van der Waals surface area contributed by atoms with Crippen molar-refractivity contribution in [3.8, 4) is 0 Å². The van der Waals surface area contributed by atoms with Gasteiger partial charge in [0.05, 0.1) is 12.5 Å². The minimum absolute atomic E-state index is 0.223. The van der Waals surface area contributed by atoms with Crippen LogP contribution in [0.15, 0.2) is 24.3 Å². The van der Waals surface area contributed by atoms with Gasteiger partial charge < -0.3 is 4.74 Å². The van der Waals surface area contributed by atoms with Crippen LogP contribution in [-0.2, 0) is 19.7 Å². The number of hydrogen-bond acceptors (Lipinski definition) is 3. The van der Waals surface area contributed by atoms with E-state index in [1.807, 2.05) is 31.2 Å². The topological polar surface area (TPSA) is 43.4 Å². The zero-order valence-electron chi connectivity index (χ0n) is 10.9. The SMILES string of the molecule is COC(=O)C1(c2ccc(C)cc2)CCC(=O)CC1. The first-order chi connectivity index (χ1) is 8.58. The summed E-state index contributed by atoms with van der Waals surface area (Å²) in [6.07, 6.45) is 2.04. The lowest BCUT2D eigenvalue weighted by atomic mass is 9.69. The Kier molecular flexibility index (Phi) is 3.50. The number of esters is 1. The predicted octanol–water partition coefficient (Wildman–Crippen LogP) is 2.55. The maximum atomic E-state index is 12.1. The van der Waals surface area contributed by atoms with Crippen LogP contribution in [0.2, 0.25) is 0 Å². The van der Waals surface area contributed by atoms with E-state index in [1.54, 1.807) is 0 Å². The summed E-state index contributed by atoms with van der Waals surface area (Å²) < 4.78 is 4.96. The average Bonchev–Trinajstić information content (AvgIpc) is 2.40. The van der Waals surface area contributed by atoms with Crippen LogP contribution in [0.5, 0.6) is 0 Å². The highest BCUT2D eigenvalue weighted by Crippen LogP contribution is 2.39. The number of ketones is 1. The van der Waals surface area contributed by atoms with Crippen LogP contribution in [0.3, 0.4) is 0 Å². The second-order valence-electron chi connectivity index (χ2n) is 4.98. The molecule has 0 saturated heterocycles. The molecule has 0 radical (unpaired) electrons. The Hall–Kier alpha value is -1.64. The lowest BCUT2D eigenvalue weighted by molar-refractivity contribution is -0.149. The molecular formula is C15H18O3. The molecule has 1 fully saturated rings. The number of aryl methyl sites for hydroxylation is 1. The molecule has 0 atom stereocenters. The van der Waals surface area contributed by atoms with Crippen LogP contribution < -0.4 is 0 Å². The van der Waals surface area contributed by atoms with Crippen molar-refractivity contribution >= 4 is 11.8 Å². The molecule has 0 amide bonds. The van der Waals surface area contributed by atoms with Crippen molar-refractivity contribution in [2.75, 3.05) is 7.11 Å². The van der Waals surface area contributed by atoms with Gasteiger partial charge in [-0.1, -0.05) is 29.8 Å². The Balaban J connectivity index is 2.39. The van der Waals surface area contributed by atoms with Gasteiger partial charge in [0, 0.05) is 12.8 Å². The third-order valence-corrected chi connectivity index (χ3v) is 3.84. The van der Waals surface area contributed by atoms with E-state index < -0.39 is 5.41 Å². The minimum atomic E-state index is -0.629. The van der Waals surface area contributed by atoms with Gasteiger partial charge in [0.1, 0.15) is 5.78 Å². The molecule has 0 bridgehead atoms. The highest BCUT2D eigenvalue weighted by molar-refractivity contribution is 5.88. The van der Waals surface area contributed by atoms with Crippen molar-refractivity contribution in [1.29, 1.82) is 0 Å². The summed E-state index contributed by atoms with van der Waals surface area (Å²) in [5.74, 6) is 0.0143. The van der Waals surface area contributed by atoms with Gasteiger partial charge in [-0.3, -0.25) is 9.59 Å². The number of carbonyl (C=O) groups is 2. The fourth-order valence-corrected chi connectivity index (χ4v) is 2.63. The molecule has 1 aliphatic rings. The fourth-order valence-electron chi connectivity index (χ4n) is 2.63. The molecule has 0 aromatic heterocycles. The van der Waals surface area contributed by atoms with Crippen LogP contribution >= 0.6 is 0 Å². The van der Waals surface area contributed by atoms with Gasteiger partial charge in [0.2, 0.25) is 0 Å². The molecule has 0 N–H and O–H groups in total. The number of carbonyl (C=O) groups excluding carboxylic acids is 2. The molecule has 0 spiro atoms. The van der Waals surface area contributed by atoms with Crippen molar-refractivity contribution < 1.29 is 14.3 Å². The average molecular weight is 246 g/mol. The van der Waals surface area contributed by atoms with E-state index in [4.69, 9.17) is 4.74 Å². The van der Waals surface area contributed by atoms with Gasteiger partial charge >= 0.3 is 5.97 Å². The Bertz CT molecular complexity index is 449. The maximum absolute atomic E-state index is 12.1. The Morgan fingerprint density at radius 2 is 1.72 bits per heavy atom. The largest absolute Gasteiger partial charge is 0.468 e. The van der Waals surface area contributed by atoms with Gasteiger partial charge in [0.25, 0.3) is 0 Å². The Morgan fingerprint density at radius 1 is 1.17 bits per heavy atom. The number of benzene rings is 1. The molecule has 0 heterocycles. The second-order valence-corrected chi connectivity index (χ2v) is 4.98. The first kappa shape index (κ1) is 12.8. The lowest BCUT2D eigenvalue weighted by Crippen LogP contribution is -2.40. The molecule has 3 heteroatoms. The van der Waals surface area contributed by atoms with Crippen molar-refractivity contribution in [3.05, 3.63) is 35.4 Å². The van der Waals surface area contributed by atoms with Crippen molar-refractivity contribution in [3.63, 3.8) is 0 Å². The summed E-state index contributed by atoms with van der Waals surface area (Å²) in [7, 11) is 1.41. The lowest BCUT2D eigenvalue weighted by Gasteiger charge is -2.34. The molecule has 96 valence electrons. The van der Waals surface area contributed by atoms with Gasteiger partial charge in [-0.15, -0.1) is 0 Å². The Morgan fingerprint density at radius 3 is 2.22 bits per heavy atom. The van der Waals surface area contributed by atoms with Crippen LogP contribution in [0.1, 0.15) is 36.8 Å². The van der Waals surface area contributed by atoms with Crippen molar-refractivity contribution in [2.24, 2.45) is 0 Å². The number of hydrogen-bond donors (Lipinski definition) is 0. The Labute approximate surface area is 107 Å². The molecule has 0 unspecified atom stereocenters. The molecule has 2 rings (SSSR count). The molecule has 3 nitrogen and oxygen atoms in total. The van der Waals surface area contributed by atoms with E-state index in [0.717, 1.165) is 11.1 Å². The van der Waals surface area contributed by atoms with Crippen molar-refractivity contribution in [2.45, 2.75) is 38.0 Å². The standard InChI is InChI=1S/C15H18O3/c1-11-3-5-12(6-4-11)15(14(17)18-2)9-7-13(16)8-10-15/h3-6H,7-10H2,1-2H3. The molecule has 1 aromatic carbocycles. The zero-order chi connectivity index (χ0) is 13.2. The predicted molar refractivity (Wildman–Crippen MR) is 68.3 cm³/mol. The number of ether oxygens (including phenoxy) is 1. The zero-order valence-corrected chi connectivity index (χ0v) is 10.9. The first-order valence-electron chi connectivity index (χ1n) is 6.26. The summed E-state index contributed by atoms with van der Waals surface area (Å²) in [5, 5.41) is 0. The van der Waals surface area contributed by atoms with Gasteiger partial charge in [0.15, 0.2) is 0 Å². The quantitative estimate of drug-likeness (QED) is 0.753. The van der Waals surface area contributed by atoms with Crippen LogP contribution in [0.25, 0.3) is 0 Å². The van der Waals surface area contributed by atoms with E-state index in [1.165, 1.54) is 7.11 Å². The van der Waals surface area contributed by atoms with E-state index in [0.29, 0.717) is 25.7 Å². The normalized spacial score (nSPS) is 18.4. The summed E-state index contributed by atoms with van der Waals surface area (Å²) in [4.78, 5) is 23.5. The third kappa shape index (κ3) is 2.17. The van der Waals surface area contributed by atoms with E-state index >= 15 is 0 Å². The highest BCUT2D eigenvalue weighted by Gasteiger charge is 2.43. The van der Waals surface area contributed by atoms with E-state index in [2.05, 4.69) is 0 Å². The molecule has 0 aliphatic heterocycles. The second kappa shape index (κ2) is 4.92. The summed E-state index contributed by atoms with van der Waals surface area (Å²) in [6, 6.07) is 7.94. The van der Waals surface area contributed by atoms with E-state index in [-0.39, 0.29) is 11.8 Å². The molecule has 1 aromatic rings. The van der Waals surface area contributed by atoms with Gasteiger partial charge in [-0.2, -0.15) is 0 Å². The minimum Gasteiger partial charge on any atom is -0.468 e. The van der Waals surface area contributed by atoms with Crippen LogP contribution in [0.4, 0.5) is 0 Å². The summed E-state index contributed by atoms with van der Waals surface area (Å²) >= 11 is 0. The van der Waals surface area contributed by atoms with Crippen LogP contribution in [0, 0.1) is 6.92 Å². The summed E-state index contributed by atoms with van der Waals surface area (Å²) in [5.41, 5.74) is 1.49. The molecular weight excluding hydrogens is 228 g/mol. The number of methoxy groups -OCH3 is 1. The van der Waals surface area contributed by atoms with Gasteiger partial charge in [-0.05, 0) is 25.3 Å². The van der Waals surface area contributed by atoms with Crippen LogP contribution in [-0.4, -0.2) is 18.9 Å². The third-order valence-electron chi connectivity index (χ3n) is 3.84. The van der Waals surface area contributed by atoms with Crippen molar-refractivity contribution in [1.82, 2.24) is 0 Å². The monoisotopic (exact) mass is 246 g/mol. The first-order valence-corrected chi connectivity index (χ1v) is 6.26. The molecule has 1 aliphatic carbocycles. The molecule has 18 heavy (non-hydrogen) atoms. The highest BCUT2D eigenvalue weighted by atomic mass is 16.5. The molecule has 1 saturated carbocycles. The number of rotatable bonds is 2. The smallest absolute Gasteiger partial charge is 0.316 e. The maximum Gasteiger partial charge on any atom is 0.316 e. The van der Waals surface area contributed by atoms with Gasteiger partial charge in [-0.25, -0.2) is 0 Å². The fraction of sp³-hybridized carbons (Fsp3) is 0.467. The van der Waals surface area contributed by atoms with E-state index in [9.17, 15) is 9.59 Å².